The molecular weight excluding hydrogens is 316 g/mol. The van der Waals surface area contributed by atoms with Crippen LogP contribution in [0.5, 0.6) is 0 Å². The SMILES string of the molecule is C=C(C)C(=O)OC1OC1OC12CC(C3CCCC31)C1C3CCC(C3)C12. The Morgan fingerprint density at radius 1 is 1.12 bits per heavy atom. The van der Waals surface area contributed by atoms with Crippen LogP contribution >= 0.6 is 0 Å². The van der Waals surface area contributed by atoms with Gasteiger partial charge in [0.1, 0.15) is 0 Å². The molecule has 0 amide bonds. The molecule has 6 aliphatic rings. The summed E-state index contributed by atoms with van der Waals surface area (Å²) in [4.78, 5) is 11.7. The summed E-state index contributed by atoms with van der Waals surface area (Å²) in [6.45, 7) is 5.31. The van der Waals surface area contributed by atoms with E-state index in [9.17, 15) is 4.79 Å². The van der Waals surface area contributed by atoms with Gasteiger partial charge in [0.15, 0.2) is 0 Å². The van der Waals surface area contributed by atoms with E-state index in [2.05, 4.69) is 6.58 Å². The van der Waals surface area contributed by atoms with Crippen LogP contribution in [0.3, 0.4) is 0 Å². The summed E-state index contributed by atoms with van der Waals surface area (Å²) in [7, 11) is 0. The molecule has 1 aliphatic heterocycles. The molecule has 0 N–H and O–H groups in total. The minimum absolute atomic E-state index is 0.0192. The first-order valence-electron chi connectivity index (χ1n) is 10.3. The Balaban J connectivity index is 1.26. The number of carbonyl (C=O) groups is 1. The Hall–Kier alpha value is -0.870. The average Bonchev–Trinajstić information content (AvgIpc) is 3.14. The molecule has 6 fully saturated rings. The zero-order chi connectivity index (χ0) is 16.9. The van der Waals surface area contributed by atoms with Crippen molar-refractivity contribution < 1.29 is 19.0 Å². The van der Waals surface area contributed by atoms with Gasteiger partial charge in [-0.25, -0.2) is 4.79 Å². The molecule has 0 aromatic rings. The molecule has 4 heteroatoms. The zero-order valence-corrected chi connectivity index (χ0v) is 15.0. The lowest BCUT2D eigenvalue weighted by Crippen LogP contribution is -2.50. The van der Waals surface area contributed by atoms with E-state index >= 15 is 0 Å². The van der Waals surface area contributed by atoms with Crippen LogP contribution in [0.4, 0.5) is 0 Å². The van der Waals surface area contributed by atoms with Crippen molar-refractivity contribution in [1.82, 2.24) is 0 Å². The van der Waals surface area contributed by atoms with Crippen LogP contribution in [-0.2, 0) is 19.0 Å². The Morgan fingerprint density at radius 3 is 2.80 bits per heavy atom. The van der Waals surface area contributed by atoms with Crippen LogP contribution in [0.25, 0.3) is 0 Å². The first-order chi connectivity index (χ1) is 12.1. The fourth-order valence-electron chi connectivity index (χ4n) is 8.15. The Morgan fingerprint density at radius 2 is 1.96 bits per heavy atom. The molecule has 0 radical (unpaired) electrons. The summed E-state index contributed by atoms with van der Waals surface area (Å²) in [5.41, 5.74) is 0.434. The molecule has 0 aromatic carbocycles. The van der Waals surface area contributed by atoms with E-state index in [1.165, 1.54) is 44.9 Å². The molecule has 5 aliphatic carbocycles. The molecule has 1 heterocycles. The molecule has 136 valence electrons. The third-order valence-corrected chi connectivity index (χ3v) is 8.66. The lowest BCUT2D eigenvalue weighted by Gasteiger charge is -2.47. The lowest BCUT2D eigenvalue weighted by atomic mass is 9.62. The van der Waals surface area contributed by atoms with Crippen molar-refractivity contribution in [2.75, 3.05) is 0 Å². The molecule has 1 saturated heterocycles. The highest BCUT2D eigenvalue weighted by molar-refractivity contribution is 5.87. The van der Waals surface area contributed by atoms with Gasteiger partial charge in [0.25, 0.3) is 6.29 Å². The van der Waals surface area contributed by atoms with Crippen molar-refractivity contribution in [1.29, 1.82) is 0 Å². The molecule has 4 bridgehead atoms. The van der Waals surface area contributed by atoms with Crippen LogP contribution < -0.4 is 0 Å². The zero-order valence-electron chi connectivity index (χ0n) is 15.0. The van der Waals surface area contributed by atoms with Crippen LogP contribution in [0.2, 0.25) is 0 Å². The van der Waals surface area contributed by atoms with E-state index in [4.69, 9.17) is 14.2 Å². The van der Waals surface area contributed by atoms with E-state index in [-0.39, 0.29) is 17.9 Å². The third kappa shape index (κ3) is 1.88. The molecule has 4 nitrogen and oxygen atoms in total. The van der Waals surface area contributed by atoms with E-state index in [1.807, 2.05) is 0 Å². The second kappa shape index (κ2) is 4.89. The van der Waals surface area contributed by atoms with Crippen molar-refractivity contribution in [2.24, 2.45) is 41.4 Å². The predicted octanol–water partition coefficient (Wildman–Crippen LogP) is 3.66. The molecule has 25 heavy (non-hydrogen) atoms. The molecular formula is C21H28O4. The van der Waals surface area contributed by atoms with Crippen molar-refractivity contribution in [2.45, 2.75) is 70.1 Å². The normalized spacial score (nSPS) is 56.8. The molecule has 5 saturated carbocycles. The fourth-order valence-corrected chi connectivity index (χ4v) is 8.15. The highest BCUT2D eigenvalue weighted by Crippen LogP contribution is 2.75. The summed E-state index contributed by atoms with van der Waals surface area (Å²) in [5.74, 6) is 5.62. The minimum Gasteiger partial charge on any atom is -0.427 e. The van der Waals surface area contributed by atoms with E-state index in [0.29, 0.717) is 5.57 Å². The Bertz CT molecular complexity index is 644. The van der Waals surface area contributed by atoms with Crippen molar-refractivity contribution in [3.8, 4) is 0 Å². The van der Waals surface area contributed by atoms with Crippen LogP contribution in [0.1, 0.15) is 51.9 Å². The molecule has 0 spiro atoms. The maximum Gasteiger partial charge on any atom is 0.335 e. The van der Waals surface area contributed by atoms with Crippen LogP contribution in [-0.4, -0.2) is 24.2 Å². The quantitative estimate of drug-likeness (QED) is 0.338. The maximum absolute atomic E-state index is 11.7. The smallest absolute Gasteiger partial charge is 0.335 e. The second-order valence-corrected chi connectivity index (χ2v) is 9.64. The number of rotatable bonds is 4. The Labute approximate surface area is 149 Å². The van der Waals surface area contributed by atoms with Gasteiger partial charge in [0.2, 0.25) is 6.29 Å². The number of epoxide rings is 1. The van der Waals surface area contributed by atoms with E-state index < -0.39 is 6.29 Å². The summed E-state index contributed by atoms with van der Waals surface area (Å²) >= 11 is 0. The summed E-state index contributed by atoms with van der Waals surface area (Å²) in [6.07, 6.45) is 8.77. The number of carbonyl (C=O) groups excluding carboxylic acids is 1. The van der Waals surface area contributed by atoms with Gasteiger partial charge in [-0.05, 0) is 86.9 Å². The Kier molecular flexibility index (Phi) is 2.98. The first kappa shape index (κ1) is 15.2. The standard InChI is InChI=1S/C21H28O4/c1-10(2)18(22)23-19-20(24-19)25-21-9-14(13-4-3-5-15(13)21)16-11-6-7-12(8-11)17(16)21/h11-17,19-20H,1,3-9H2,2H3. The van der Waals surface area contributed by atoms with Gasteiger partial charge in [-0.1, -0.05) is 13.0 Å². The average molecular weight is 344 g/mol. The van der Waals surface area contributed by atoms with Gasteiger partial charge >= 0.3 is 5.97 Å². The summed E-state index contributed by atoms with van der Waals surface area (Å²) < 4.78 is 17.7. The molecule has 6 rings (SSSR count). The highest BCUT2D eigenvalue weighted by atomic mass is 16.9. The monoisotopic (exact) mass is 344 g/mol. The summed E-state index contributed by atoms with van der Waals surface area (Å²) in [6, 6.07) is 0. The number of hydrogen-bond acceptors (Lipinski definition) is 4. The second-order valence-electron chi connectivity index (χ2n) is 9.64. The van der Waals surface area contributed by atoms with Crippen molar-refractivity contribution in [3.63, 3.8) is 0 Å². The van der Waals surface area contributed by atoms with Gasteiger partial charge < -0.3 is 14.2 Å². The van der Waals surface area contributed by atoms with Gasteiger partial charge in [-0.15, -0.1) is 0 Å². The molecule has 0 aromatic heterocycles. The van der Waals surface area contributed by atoms with Crippen LogP contribution in [0.15, 0.2) is 12.2 Å². The fraction of sp³-hybridized carbons (Fsp3) is 0.857. The number of fused-ring (bicyclic) bond motifs is 12. The van der Waals surface area contributed by atoms with Crippen LogP contribution in [0, 0.1) is 41.4 Å². The van der Waals surface area contributed by atoms with Gasteiger partial charge in [0, 0.05) is 5.57 Å². The first-order valence-corrected chi connectivity index (χ1v) is 10.3. The highest BCUT2D eigenvalue weighted by Gasteiger charge is 2.75. The van der Waals surface area contributed by atoms with Gasteiger partial charge in [-0.2, -0.15) is 0 Å². The number of hydrogen-bond donors (Lipinski definition) is 0. The van der Waals surface area contributed by atoms with Crippen molar-refractivity contribution >= 4 is 5.97 Å². The maximum atomic E-state index is 11.7. The van der Waals surface area contributed by atoms with Gasteiger partial charge in [-0.3, -0.25) is 0 Å². The predicted molar refractivity (Wildman–Crippen MR) is 90.1 cm³/mol. The van der Waals surface area contributed by atoms with Crippen molar-refractivity contribution in [3.05, 3.63) is 12.2 Å². The number of ether oxygens (including phenoxy) is 3. The summed E-state index contributed by atoms with van der Waals surface area (Å²) in [5, 5.41) is 0. The topological polar surface area (TPSA) is 48.1 Å². The number of esters is 1. The molecule has 10 atom stereocenters. The van der Waals surface area contributed by atoms with E-state index in [1.54, 1.807) is 6.92 Å². The lowest BCUT2D eigenvalue weighted by molar-refractivity contribution is -0.167. The third-order valence-electron chi connectivity index (χ3n) is 8.66. The van der Waals surface area contributed by atoms with Gasteiger partial charge in [0.05, 0.1) is 5.60 Å². The minimum atomic E-state index is -0.518. The largest absolute Gasteiger partial charge is 0.427 e. The molecule has 10 unspecified atom stereocenters. The van der Waals surface area contributed by atoms with E-state index in [0.717, 1.165) is 41.4 Å².